The van der Waals surface area contributed by atoms with Crippen molar-refractivity contribution in [1.29, 1.82) is 0 Å². The number of methoxy groups -OCH3 is 1. The molecule has 1 atom stereocenters. The number of hydrogen-bond donors (Lipinski definition) is 2. The lowest BCUT2D eigenvalue weighted by molar-refractivity contribution is -0.138. The van der Waals surface area contributed by atoms with Gasteiger partial charge in [-0.15, -0.1) is 0 Å². The molecule has 5 heteroatoms. The molecule has 94 valence electrons. The van der Waals surface area contributed by atoms with Gasteiger partial charge in [0.1, 0.15) is 11.8 Å². The van der Waals surface area contributed by atoms with E-state index < -0.39 is 12.0 Å². The summed E-state index contributed by atoms with van der Waals surface area (Å²) in [7, 11) is 5.46. The summed E-state index contributed by atoms with van der Waals surface area (Å²) in [5.74, 6) is -0.300. The van der Waals surface area contributed by atoms with Gasteiger partial charge in [-0.3, -0.25) is 4.79 Å². The molecular weight excluding hydrogens is 220 g/mol. The van der Waals surface area contributed by atoms with Crippen molar-refractivity contribution in [3.63, 3.8) is 0 Å². The third-order valence-corrected chi connectivity index (χ3v) is 2.42. The van der Waals surface area contributed by atoms with E-state index >= 15 is 0 Å². The number of ether oxygens (including phenoxy) is 1. The van der Waals surface area contributed by atoms with Crippen LogP contribution in [0.3, 0.4) is 0 Å². The van der Waals surface area contributed by atoms with Gasteiger partial charge < -0.3 is 20.5 Å². The second-order valence-corrected chi connectivity index (χ2v) is 4.12. The van der Waals surface area contributed by atoms with Crippen molar-refractivity contribution < 1.29 is 14.6 Å². The standard InChI is InChI=1S/C12H18N2O3/c1-14(2)7-9-6-8(11(13)12(15)16)4-5-10(9)17-3/h4-6,11H,7,13H2,1-3H3,(H,15,16). The van der Waals surface area contributed by atoms with Gasteiger partial charge in [0.2, 0.25) is 0 Å². The molecule has 1 aromatic carbocycles. The summed E-state index contributed by atoms with van der Waals surface area (Å²) in [5, 5.41) is 8.87. The fraction of sp³-hybridized carbons (Fsp3) is 0.417. The maximum absolute atomic E-state index is 10.8. The zero-order valence-corrected chi connectivity index (χ0v) is 10.3. The molecule has 0 saturated heterocycles. The SMILES string of the molecule is COc1ccc(C(N)C(=O)O)cc1CN(C)C. The number of carboxylic acid groups (broad SMARTS) is 1. The van der Waals surface area contributed by atoms with Gasteiger partial charge in [0.25, 0.3) is 0 Å². The first kappa shape index (κ1) is 13.5. The highest BCUT2D eigenvalue weighted by Crippen LogP contribution is 2.23. The van der Waals surface area contributed by atoms with Crippen molar-refractivity contribution >= 4 is 5.97 Å². The minimum absolute atomic E-state index is 0.579. The molecule has 1 rings (SSSR count). The Hall–Kier alpha value is -1.59. The first-order valence-corrected chi connectivity index (χ1v) is 5.25. The minimum Gasteiger partial charge on any atom is -0.496 e. The molecule has 1 unspecified atom stereocenters. The van der Waals surface area contributed by atoms with Crippen LogP contribution in [0.2, 0.25) is 0 Å². The Kier molecular flexibility index (Phi) is 4.48. The lowest BCUT2D eigenvalue weighted by Crippen LogP contribution is -2.21. The lowest BCUT2D eigenvalue weighted by atomic mass is 10.0. The predicted molar refractivity (Wildman–Crippen MR) is 64.9 cm³/mol. The van der Waals surface area contributed by atoms with Crippen molar-refractivity contribution in [3.05, 3.63) is 29.3 Å². The molecule has 0 aliphatic carbocycles. The number of nitrogens with two attached hydrogens (primary N) is 1. The van der Waals surface area contributed by atoms with Crippen LogP contribution >= 0.6 is 0 Å². The van der Waals surface area contributed by atoms with E-state index in [9.17, 15) is 4.79 Å². The van der Waals surface area contributed by atoms with E-state index in [2.05, 4.69) is 0 Å². The number of aliphatic carboxylic acids is 1. The Balaban J connectivity index is 3.08. The van der Waals surface area contributed by atoms with Crippen LogP contribution in [0.1, 0.15) is 17.2 Å². The first-order valence-electron chi connectivity index (χ1n) is 5.25. The third-order valence-electron chi connectivity index (χ3n) is 2.42. The van der Waals surface area contributed by atoms with Crippen molar-refractivity contribution in [2.24, 2.45) is 5.73 Å². The summed E-state index contributed by atoms with van der Waals surface area (Å²) < 4.78 is 5.23. The van der Waals surface area contributed by atoms with Gasteiger partial charge in [-0.2, -0.15) is 0 Å². The number of rotatable bonds is 5. The van der Waals surface area contributed by atoms with Crippen LogP contribution in [0.15, 0.2) is 18.2 Å². The largest absolute Gasteiger partial charge is 0.496 e. The van der Waals surface area contributed by atoms with E-state index in [4.69, 9.17) is 15.6 Å². The van der Waals surface area contributed by atoms with Gasteiger partial charge in [0, 0.05) is 12.1 Å². The predicted octanol–water partition coefficient (Wildman–Crippen LogP) is 0.841. The Morgan fingerprint density at radius 3 is 2.65 bits per heavy atom. The zero-order valence-electron chi connectivity index (χ0n) is 10.3. The van der Waals surface area contributed by atoms with Crippen molar-refractivity contribution in [3.8, 4) is 5.75 Å². The highest BCUT2D eigenvalue weighted by molar-refractivity contribution is 5.75. The van der Waals surface area contributed by atoms with E-state index in [1.807, 2.05) is 19.0 Å². The normalized spacial score (nSPS) is 12.5. The fourth-order valence-electron chi connectivity index (χ4n) is 1.60. The molecule has 0 heterocycles. The highest BCUT2D eigenvalue weighted by atomic mass is 16.5. The molecule has 0 spiro atoms. The fourth-order valence-corrected chi connectivity index (χ4v) is 1.60. The topological polar surface area (TPSA) is 75.8 Å². The summed E-state index contributed by atoms with van der Waals surface area (Å²) in [6, 6.07) is 4.20. The Bertz CT molecular complexity index is 405. The van der Waals surface area contributed by atoms with Crippen LogP contribution in [0, 0.1) is 0 Å². The van der Waals surface area contributed by atoms with Crippen molar-refractivity contribution in [2.75, 3.05) is 21.2 Å². The number of carboxylic acids is 1. The van der Waals surface area contributed by atoms with Gasteiger partial charge >= 0.3 is 5.97 Å². The Morgan fingerprint density at radius 1 is 1.53 bits per heavy atom. The van der Waals surface area contributed by atoms with E-state index in [1.165, 1.54) is 0 Å². The van der Waals surface area contributed by atoms with Gasteiger partial charge in [-0.25, -0.2) is 0 Å². The molecule has 1 aromatic rings. The second-order valence-electron chi connectivity index (χ2n) is 4.12. The molecule has 3 N–H and O–H groups in total. The van der Waals surface area contributed by atoms with Crippen LogP contribution in [0.5, 0.6) is 5.75 Å². The molecule has 17 heavy (non-hydrogen) atoms. The van der Waals surface area contributed by atoms with Gasteiger partial charge in [-0.1, -0.05) is 6.07 Å². The van der Waals surface area contributed by atoms with Crippen LogP contribution in [-0.4, -0.2) is 37.2 Å². The quantitative estimate of drug-likeness (QED) is 0.795. The monoisotopic (exact) mass is 238 g/mol. The molecule has 0 aromatic heterocycles. The third kappa shape index (κ3) is 3.44. The molecule has 0 aliphatic rings. The molecule has 0 saturated carbocycles. The van der Waals surface area contributed by atoms with Gasteiger partial charge in [0.15, 0.2) is 0 Å². The first-order chi connectivity index (χ1) is 7.95. The number of nitrogens with zero attached hydrogens (tertiary/aromatic N) is 1. The van der Waals surface area contributed by atoms with Gasteiger partial charge in [0.05, 0.1) is 7.11 Å². The summed E-state index contributed by atoms with van der Waals surface area (Å²) in [5.41, 5.74) is 7.08. The van der Waals surface area contributed by atoms with Crippen LogP contribution in [0.4, 0.5) is 0 Å². The van der Waals surface area contributed by atoms with Crippen molar-refractivity contribution in [1.82, 2.24) is 4.90 Å². The molecule has 0 aliphatic heterocycles. The van der Waals surface area contributed by atoms with Crippen LogP contribution in [-0.2, 0) is 11.3 Å². The smallest absolute Gasteiger partial charge is 0.325 e. The van der Waals surface area contributed by atoms with E-state index in [0.29, 0.717) is 12.1 Å². The van der Waals surface area contributed by atoms with Crippen molar-refractivity contribution in [2.45, 2.75) is 12.6 Å². The van der Waals surface area contributed by atoms with E-state index in [1.54, 1.807) is 25.3 Å². The highest BCUT2D eigenvalue weighted by Gasteiger charge is 2.16. The second kappa shape index (κ2) is 5.65. The van der Waals surface area contributed by atoms with E-state index in [0.717, 1.165) is 11.3 Å². The van der Waals surface area contributed by atoms with E-state index in [-0.39, 0.29) is 0 Å². The Morgan fingerprint density at radius 2 is 2.18 bits per heavy atom. The maximum atomic E-state index is 10.8. The molecule has 0 amide bonds. The number of carbonyl (C=O) groups is 1. The lowest BCUT2D eigenvalue weighted by Gasteiger charge is -2.16. The summed E-state index contributed by atoms with van der Waals surface area (Å²) >= 11 is 0. The average molecular weight is 238 g/mol. The molecule has 0 bridgehead atoms. The molecule has 0 radical (unpaired) electrons. The summed E-state index contributed by atoms with van der Waals surface area (Å²) in [6.07, 6.45) is 0. The maximum Gasteiger partial charge on any atom is 0.325 e. The summed E-state index contributed by atoms with van der Waals surface area (Å²) in [4.78, 5) is 12.8. The van der Waals surface area contributed by atoms with Crippen LogP contribution in [0.25, 0.3) is 0 Å². The number of benzene rings is 1. The minimum atomic E-state index is -1.04. The number of hydrogen-bond acceptors (Lipinski definition) is 4. The average Bonchev–Trinajstić information content (AvgIpc) is 2.27. The molecular formula is C12H18N2O3. The molecule has 0 fully saturated rings. The zero-order chi connectivity index (χ0) is 13.0. The molecule has 5 nitrogen and oxygen atoms in total. The summed E-state index contributed by atoms with van der Waals surface area (Å²) in [6.45, 7) is 0.670. The van der Waals surface area contributed by atoms with Crippen LogP contribution < -0.4 is 10.5 Å². The van der Waals surface area contributed by atoms with Gasteiger partial charge in [-0.05, 0) is 31.8 Å². The Labute approximate surface area is 101 Å².